The van der Waals surface area contributed by atoms with Gasteiger partial charge in [-0.05, 0) is 29.5 Å². The lowest BCUT2D eigenvalue weighted by atomic mass is 9.96. The van der Waals surface area contributed by atoms with Crippen LogP contribution in [0.4, 0.5) is 0 Å². The van der Waals surface area contributed by atoms with Crippen LogP contribution in [-0.2, 0) is 19.6 Å². The molecule has 1 aromatic rings. The van der Waals surface area contributed by atoms with Crippen molar-refractivity contribution < 1.29 is 10.2 Å². The summed E-state index contributed by atoms with van der Waals surface area (Å²) in [5, 5.41) is 18.8. The molecule has 0 saturated carbocycles. The number of aliphatic hydroxyl groups is 2. The minimum Gasteiger partial charge on any atom is -0.392 e. The molecule has 2 N–H and O–H groups in total. The van der Waals surface area contributed by atoms with E-state index in [1.54, 1.807) is 0 Å². The molecular formula is C19H32O2. The van der Waals surface area contributed by atoms with Crippen molar-refractivity contribution in [3.8, 4) is 0 Å². The summed E-state index contributed by atoms with van der Waals surface area (Å²) in [7, 11) is 0. The van der Waals surface area contributed by atoms with Crippen LogP contribution >= 0.6 is 0 Å². The number of hydrogen-bond acceptors (Lipinski definition) is 2. The Morgan fingerprint density at radius 3 is 1.67 bits per heavy atom. The fourth-order valence-corrected chi connectivity index (χ4v) is 2.92. The van der Waals surface area contributed by atoms with Crippen molar-refractivity contribution in [2.75, 3.05) is 0 Å². The SMILES string of the molecule is CCCCCCCCCCCc1c(CO)cccc1CO. The Morgan fingerprint density at radius 2 is 1.19 bits per heavy atom. The second kappa shape index (κ2) is 11.8. The van der Waals surface area contributed by atoms with E-state index in [-0.39, 0.29) is 13.2 Å². The van der Waals surface area contributed by atoms with Gasteiger partial charge in [0.25, 0.3) is 0 Å². The summed E-state index contributed by atoms with van der Waals surface area (Å²) in [4.78, 5) is 0. The topological polar surface area (TPSA) is 40.5 Å². The molecule has 0 heterocycles. The Balaban J connectivity index is 2.20. The fraction of sp³-hybridized carbons (Fsp3) is 0.684. The van der Waals surface area contributed by atoms with Gasteiger partial charge in [-0.2, -0.15) is 0 Å². The van der Waals surface area contributed by atoms with Gasteiger partial charge in [0, 0.05) is 0 Å². The van der Waals surface area contributed by atoms with Gasteiger partial charge in [0.15, 0.2) is 0 Å². The molecule has 0 fully saturated rings. The van der Waals surface area contributed by atoms with Gasteiger partial charge in [0.2, 0.25) is 0 Å². The molecule has 0 radical (unpaired) electrons. The van der Waals surface area contributed by atoms with Crippen LogP contribution < -0.4 is 0 Å². The maximum absolute atomic E-state index is 9.40. The molecule has 21 heavy (non-hydrogen) atoms. The molecule has 0 saturated heterocycles. The van der Waals surface area contributed by atoms with Gasteiger partial charge in [0.05, 0.1) is 13.2 Å². The Bertz CT molecular complexity index is 352. The molecular weight excluding hydrogens is 260 g/mol. The van der Waals surface area contributed by atoms with Gasteiger partial charge >= 0.3 is 0 Å². The van der Waals surface area contributed by atoms with Crippen molar-refractivity contribution in [2.24, 2.45) is 0 Å². The molecule has 120 valence electrons. The second-order valence-corrected chi connectivity index (χ2v) is 5.95. The smallest absolute Gasteiger partial charge is 0.0684 e. The van der Waals surface area contributed by atoms with E-state index in [0.29, 0.717) is 0 Å². The third kappa shape index (κ3) is 7.10. The van der Waals surface area contributed by atoms with Crippen LogP contribution in [0.1, 0.15) is 81.4 Å². The largest absolute Gasteiger partial charge is 0.392 e. The summed E-state index contributed by atoms with van der Waals surface area (Å²) in [5.41, 5.74) is 3.10. The Morgan fingerprint density at radius 1 is 0.714 bits per heavy atom. The van der Waals surface area contributed by atoms with E-state index in [1.807, 2.05) is 18.2 Å². The first-order valence-corrected chi connectivity index (χ1v) is 8.64. The zero-order valence-corrected chi connectivity index (χ0v) is 13.6. The number of hydrogen-bond donors (Lipinski definition) is 2. The molecule has 2 heteroatoms. The molecule has 1 aromatic carbocycles. The van der Waals surface area contributed by atoms with Crippen LogP contribution in [0, 0.1) is 0 Å². The summed E-state index contributed by atoms with van der Waals surface area (Å²) in [6.07, 6.45) is 12.9. The molecule has 0 amide bonds. The van der Waals surface area contributed by atoms with Gasteiger partial charge in [-0.25, -0.2) is 0 Å². The van der Waals surface area contributed by atoms with Crippen molar-refractivity contribution >= 4 is 0 Å². The first kappa shape index (κ1) is 18.2. The predicted octanol–water partition coefficient (Wildman–Crippen LogP) is 4.74. The van der Waals surface area contributed by atoms with Crippen LogP contribution in [0.15, 0.2) is 18.2 Å². The van der Waals surface area contributed by atoms with Gasteiger partial charge in [-0.15, -0.1) is 0 Å². The van der Waals surface area contributed by atoms with Crippen LogP contribution in [0.25, 0.3) is 0 Å². The lowest BCUT2D eigenvalue weighted by Gasteiger charge is -2.12. The predicted molar refractivity (Wildman–Crippen MR) is 89.2 cm³/mol. The normalized spacial score (nSPS) is 11.0. The molecule has 0 aromatic heterocycles. The molecule has 0 atom stereocenters. The van der Waals surface area contributed by atoms with Crippen LogP contribution in [-0.4, -0.2) is 10.2 Å². The van der Waals surface area contributed by atoms with E-state index in [9.17, 15) is 10.2 Å². The van der Waals surface area contributed by atoms with Crippen molar-refractivity contribution in [3.05, 3.63) is 34.9 Å². The van der Waals surface area contributed by atoms with Crippen LogP contribution in [0.2, 0.25) is 0 Å². The average molecular weight is 292 g/mol. The number of unbranched alkanes of at least 4 members (excludes halogenated alkanes) is 8. The Labute approximate surface area is 130 Å². The van der Waals surface area contributed by atoms with Crippen LogP contribution in [0.5, 0.6) is 0 Å². The Hall–Kier alpha value is -0.860. The minimum absolute atomic E-state index is 0.0700. The summed E-state index contributed by atoms with van der Waals surface area (Å²) in [5.74, 6) is 0. The summed E-state index contributed by atoms with van der Waals surface area (Å²) in [6, 6.07) is 5.83. The first-order valence-electron chi connectivity index (χ1n) is 8.64. The number of aliphatic hydroxyl groups excluding tert-OH is 2. The van der Waals surface area contributed by atoms with Crippen molar-refractivity contribution in [1.82, 2.24) is 0 Å². The minimum atomic E-state index is 0.0700. The lowest BCUT2D eigenvalue weighted by molar-refractivity contribution is 0.272. The van der Waals surface area contributed by atoms with E-state index < -0.39 is 0 Å². The fourth-order valence-electron chi connectivity index (χ4n) is 2.92. The van der Waals surface area contributed by atoms with Crippen molar-refractivity contribution in [3.63, 3.8) is 0 Å². The zero-order valence-electron chi connectivity index (χ0n) is 13.6. The summed E-state index contributed by atoms with van der Waals surface area (Å²) in [6.45, 7) is 2.39. The molecule has 1 rings (SSSR count). The van der Waals surface area contributed by atoms with Gasteiger partial charge in [-0.1, -0.05) is 76.5 Å². The van der Waals surface area contributed by atoms with Crippen molar-refractivity contribution in [2.45, 2.75) is 84.3 Å². The molecule has 0 aliphatic carbocycles. The number of benzene rings is 1. The highest BCUT2D eigenvalue weighted by molar-refractivity contribution is 5.34. The average Bonchev–Trinajstić information content (AvgIpc) is 2.53. The van der Waals surface area contributed by atoms with E-state index in [0.717, 1.165) is 29.5 Å². The quantitative estimate of drug-likeness (QED) is 0.546. The van der Waals surface area contributed by atoms with E-state index in [1.165, 1.54) is 51.4 Å². The molecule has 0 unspecified atom stereocenters. The zero-order chi connectivity index (χ0) is 15.3. The molecule has 2 nitrogen and oxygen atoms in total. The van der Waals surface area contributed by atoms with E-state index >= 15 is 0 Å². The maximum atomic E-state index is 9.40. The summed E-state index contributed by atoms with van der Waals surface area (Å²) < 4.78 is 0. The maximum Gasteiger partial charge on any atom is 0.0684 e. The van der Waals surface area contributed by atoms with Crippen molar-refractivity contribution in [1.29, 1.82) is 0 Å². The van der Waals surface area contributed by atoms with Gasteiger partial charge < -0.3 is 10.2 Å². The highest BCUT2D eigenvalue weighted by atomic mass is 16.3. The third-order valence-electron chi connectivity index (χ3n) is 4.24. The monoisotopic (exact) mass is 292 g/mol. The highest BCUT2D eigenvalue weighted by Crippen LogP contribution is 2.19. The standard InChI is InChI=1S/C19H32O2/c1-2-3-4-5-6-7-8-9-10-14-19-17(15-20)12-11-13-18(19)16-21/h11-13,20-21H,2-10,14-16H2,1H3. The number of rotatable bonds is 12. The van der Waals surface area contributed by atoms with E-state index in [4.69, 9.17) is 0 Å². The summed E-state index contributed by atoms with van der Waals surface area (Å²) >= 11 is 0. The third-order valence-corrected chi connectivity index (χ3v) is 4.24. The van der Waals surface area contributed by atoms with E-state index in [2.05, 4.69) is 6.92 Å². The second-order valence-electron chi connectivity index (χ2n) is 5.95. The molecule has 0 spiro atoms. The van der Waals surface area contributed by atoms with Gasteiger partial charge in [0.1, 0.15) is 0 Å². The van der Waals surface area contributed by atoms with Crippen LogP contribution in [0.3, 0.4) is 0 Å². The molecule has 0 bridgehead atoms. The van der Waals surface area contributed by atoms with Gasteiger partial charge in [-0.3, -0.25) is 0 Å². The lowest BCUT2D eigenvalue weighted by Crippen LogP contribution is -2.00. The molecule has 0 aliphatic rings. The highest BCUT2D eigenvalue weighted by Gasteiger charge is 2.06. The first-order chi connectivity index (χ1) is 10.3. The Kier molecular flexibility index (Phi) is 10.2. The molecule has 0 aliphatic heterocycles.